The van der Waals surface area contributed by atoms with Crippen LogP contribution < -0.4 is 11.1 Å². The predicted octanol–water partition coefficient (Wildman–Crippen LogP) is 3.42. The molecule has 0 heterocycles. The van der Waals surface area contributed by atoms with E-state index in [9.17, 15) is 4.79 Å². The van der Waals surface area contributed by atoms with Crippen molar-refractivity contribution < 1.29 is 4.79 Å². The fourth-order valence-corrected chi connectivity index (χ4v) is 3.01. The summed E-state index contributed by atoms with van der Waals surface area (Å²) in [7, 11) is 0. The number of nitrogens with one attached hydrogen (secondary N) is 1. The van der Waals surface area contributed by atoms with Gasteiger partial charge in [0, 0.05) is 17.2 Å². The van der Waals surface area contributed by atoms with Crippen LogP contribution in [-0.2, 0) is 0 Å². The Morgan fingerprint density at radius 3 is 2.70 bits per heavy atom. The van der Waals surface area contributed by atoms with Gasteiger partial charge in [-0.3, -0.25) is 4.99 Å². The van der Waals surface area contributed by atoms with E-state index in [0.29, 0.717) is 6.04 Å². The van der Waals surface area contributed by atoms with E-state index in [2.05, 4.69) is 39.6 Å². The highest BCUT2D eigenvalue weighted by molar-refractivity contribution is 5.92. The summed E-state index contributed by atoms with van der Waals surface area (Å²) in [5.41, 5.74) is 7.66. The van der Waals surface area contributed by atoms with Crippen LogP contribution in [0.1, 0.15) is 59.8 Å². The molecule has 2 unspecified atom stereocenters. The van der Waals surface area contributed by atoms with E-state index in [1.807, 2.05) is 0 Å². The molecule has 0 aromatic rings. The molecular weight excluding hydrogens is 250 g/mol. The zero-order valence-corrected chi connectivity index (χ0v) is 13.3. The maximum Gasteiger partial charge on any atom is 0.312 e. The molecule has 1 saturated carbocycles. The minimum Gasteiger partial charge on any atom is -0.352 e. The second kappa shape index (κ2) is 6.91. The van der Waals surface area contributed by atoms with Gasteiger partial charge in [-0.25, -0.2) is 4.79 Å². The Labute approximate surface area is 122 Å². The number of rotatable bonds is 6. The quantitative estimate of drug-likeness (QED) is 0.719. The number of aliphatic imine (C=N–C) groups is 1. The maximum atomic E-state index is 11.2. The molecule has 1 fully saturated rings. The number of hydrogen-bond acceptors (Lipinski definition) is 2. The van der Waals surface area contributed by atoms with Gasteiger partial charge in [-0.15, -0.1) is 0 Å². The molecule has 4 heteroatoms. The molecular formula is C16H29N3O. The SMILES string of the molecule is C=C(CC)C(CC1(C)CCCC1=NC(C)C)NC(N)=O. The first-order chi connectivity index (χ1) is 9.28. The minimum absolute atomic E-state index is 0.0511. The Morgan fingerprint density at radius 1 is 1.55 bits per heavy atom. The van der Waals surface area contributed by atoms with Crippen molar-refractivity contribution in [1.82, 2.24) is 5.32 Å². The second-order valence-corrected chi connectivity index (χ2v) is 6.36. The van der Waals surface area contributed by atoms with Crippen LogP contribution in [0.25, 0.3) is 0 Å². The standard InChI is InChI=1S/C16H29N3O/c1-6-12(4)13(19-15(17)20)10-16(5)9-7-8-14(16)18-11(2)3/h11,13H,4,6-10H2,1-3,5H3,(H3,17,19,20). The Hall–Kier alpha value is -1.32. The van der Waals surface area contributed by atoms with Crippen molar-refractivity contribution in [3.63, 3.8) is 0 Å². The molecule has 1 rings (SSSR count). The smallest absolute Gasteiger partial charge is 0.312 e. The molecule has 0 aromatic carbocycles. The molecule has 1 aliphatic rings. The van der Waals surface area contributed by atoms with Gasteiger partial charge in [0.25, 0.3) is 0 Å². The molecule has 2 amide bonds. The van der Waals surface area contributed by atoms with E-state index in [1.165, 1.54) is 12.1 Å². The van der Waals surface area contributed by atoms with Crippen LogP contribution in [0.15, 0.2) is 17.1 Å². The maximum absolute atomic E-state index is 11.2. The Morgan fingerprint density at radius 2 is 2.20 bits per heavy atom. The normalized spacial score (nSPS) is 25.9. The van der Waals surface area contributed by atoms with Crippen LogP contribution in [0.3, 0.4) is 0 Å². The van der Waals surface area contributed by atoms with Crippen molar-refractivity contribution >= 4 is 11.7 Å². The lowest BCUT2D eigenvalue weighted by molar-refractivity contribution is 0.243. The molecule has 20 heavy (non-hydrogen) atoms. The zero-order valence-electron chi connectivity index (χ0n) is 13.3. The molecule has 0 radical (unpaired) electrons. The van der Waals surface area contributed by atoms with Crippen LogP contribution in [0.4, 0.5) is 4.79 Å². The summed E-state index contributed by atoms with van der Waals surface area (Å²) < 4.78 is 0. The highest BCUT2D eigenvalue weighted by Gasteiger charge is 2.38. The average Bonchev–Trinajstić information content (AvgIpc) is 2.67. The summed E-state index contributed by atoms with van der Waals surface area (Å²) in [4.78, 5) is 16.0. The Bertz CT molecular complexity index is 401. The van der Waals surface area contributed by atoms with Crippen molar-refractivity contribution in [3.05, 3.63) is 12.2 Å². The number of urea groups is 1. The number of carbonyl (C=O) groups is 1. The third-order valence-corrected chi connectivity index (χ3v) is 4.17. The van der Waals surface area contributed by atoms with E-state index in [0.717, 1.165) is 31.3 Å². The van der Waals surface area contributed by atoms with Crippen molar-refractivity contribution in [2.45, 2.75) is 71.9 Å². The molecule has 0 aliphatic heterocycles. The van der Waals surface area contributed by atoms with Crippen LogP contribution in [0, 0.1) is 5.41 Å². The summed E-state index contributed by atoms with van der Waals surface area (Å²) in [6.45, 7) is 12.6. The Balaban J connectivity index is 2.90. The molecule has 1 aliphatic carbocycles. The van der Waals surface area contributed by atoms with Gasteiger partial charge in [-0.1, -0.05) is 26.0 Å². The summed E-state index contributed by atoms with van der Waals surface area (Å²) in [6, 6.07) is -0.217. The second-order valence-electron chi connectivity index (χ2n) is 6.36. The number of amides is 2. The number of nitrogens with two attached hydrogens (primary N) is 1. The van der Waals surface area contributed by atoms with Gasteiger partial charge in [-0.05, 0) is 46.0 Å². The first kappa shape index (κ1) is 16.7. The molecule has 0 saturated heterocycles. The molecule has 0 bridgehead atoms. The van der Waals surface area contributed by atoms with E-state index in [-0.39, 0.29) is 11.5 Å². The van der Waals surface area contributed by atoms with Crippen molar-refractivity contribution in [1.29, 1.82) is 0 Å². The molecule has 2 atom stereocenters. The summed E-state index contributed by atoms with van der Waals surface area (Å²) in [5.74, 6) is 0. The van der Waals surface area contributed by atoms with Crippen LogP contribution in [0.2, 0.25) is 0 Å². The van der Waals surface area contributed by atoms with Gasteiger partial charge >= 0.3 is 6.03 Å². The van der Waals surface area contributed by atoms with E-state index in [4.69, 9.17) is 10.7 Å². The summed E-state index contributed by atoms with van der Waals surface area (Å²) in [5, 5.41) is 2.84. The fourth-order valence-electron chi connectivity index (χ4n) is 3.01. The van der Waals surface area contributed by atoms with Crippen molar-refractivity contribution in [2.75, 3.05) is 0 Å². The van der Waals surface area contributed by atoms with Crippen LogP contribution >= 0.6 is 0 Å². The first-order valence-electron chi connectivity index (χ1n) is 7.59. The lowest BCUT2D eigenvalue weighted by Crippen LogP contribution is -2.43. The van der Waals surface area contributed by atoms with E-state index in [1.54, 1.807) is 0 Å². The average molecular weight is 279 g/mol. The predicted molar refractivity (Wildman–Crippen MR) is 85.1 cm³/mol. The largest absolute Gasteiger partial charge is 0.352 e. The van der Waals surface area contributed by atoms with Crippen LogP contribution in [-0.4, -0.2) is 23.8 Å². The highest BCUT2D eigenvalue weighted by atomic mass is 16.2. The van der Waals surface area contributed by atoms with Gasteiger partial charge in [0.05, 0.1) is 6.04 Å². The van der Waals surface area contributed by atoms with Gasteiger partial charge in [0.15, 0.2) is 0 Å². The molecule has 4 nitrogen and oxygen atoms in total. The topological polar surface area (TPSA) is 67.5 Å². The van der Waals surface area contributed by atoms with Gasteiger partial charge in [-0.2, -0.15) is 0 Å². The monoisotopic (exact) mass is 279 g/mol. The lowest BCUT2D eigenvalue weighted by atomic mass is 9.78. The number of primary amides is 1. The third kappa shape index (κ3) is 4.36. The van der Waals surface area contributed by atoms with Crippen LogP contribution in [0.5, 0.6) is 0 Å². The molecule has 0 aromatic heterocycles. The summed E-state index contributed by atoms with van der Waals surface area (Å²) in [6.07, 6.45) is 5.04. The number of hydrogen-bond donors (Lipinski definition) is 2. The molecule has 114 valence electrons. The van der Waals surface area contributed by atoms with Crippen molar-refractivity contribution in [3.8, 4) is 0 Å². The van der Waals surface area contributed by atoms with E-state index < -0.39 is 6.03 Å². The Kier molecular flexibility index (Phi) is 5.78. The first-order valence-corrected chi connectivity index (χ1v) is 7.59. The van der Waals surface area contributed by atoms with Crippen molar-refractivity contribution in [2.24, 2.45) is 16.1 Å². The molecule has 3 N–H and O–H groups in total. The van der Waals surface area contributed by atoms with E-state index >= 15 is 0 Å². The lowest BCUT2D eigenvalue weighted by Gasteiger charge is -2.31. The third-order valence-electron chi connectivity index (χ3n) is 4.17. The van der Waals surface area contributed by atoms with Gasteiger partial charge in [0.2, 0.25) is 0 Å². The number of carbonyl (C=O) groups excluding carboxylic acids is 1. The highest BCUT2D eigenvalue weighted by Crippen LogP contribution is 2.40. The summed E-state index contributed by atoms with van der Waals surface area (Å²) >= 11 is 0. The number of nitrogens with zero attached hydrogens (tertiary/aromatic N) is 1. The zero-order chi connectivity index (χ0) is 15.3. The van der Waals surface area contributed by atoms with Gasteiger partial charge < -0.3 is 11.1 Å². The van der Waals surface area contributed by atoms with Gasteiger partial charge in [0.1, 0.15) is 0 Å². The minimum atomic E-state index is -0.478. The molecule has 0 spiro atoms. The fraction of sp³-hybridized carbons (Fsp3) is 0.750.